The zero-order valence-electron chi connectivity index (χ0n) is 16.7. The third-order valence-electron chi connectivity index (χ3n) is 4.87. The fraction of sp³-hybridized carbons (Fsp3) is 0.304. The van der Waals surface area contributed by atoms with Crippen LogP contribution in [0.15, 0.2) is 72.0 Å². The second-order valence-corrected chi connectivity index (χ2v) is 6.67. The normalized spacial score (nSPS) is 11.4. The summed E-state index contributed by atoms with van der Waals surface area (Å²) in [6, 6.07) is 19.0. The molecule has 0 saturated heterocycles. The molecule has 3 rings (SSSR count). The average molecular weight is 376 g/mol. The second kappa shape index (κ2) is 10.3. The number of nitrogens with zero attached hydrogens (tertiary/aromatic N) is 3. The first-order valence-corrected chi connectivity index (χ1v) is 9.85. The summed E-state index contributed by atoms with van der Waals surface area (Å²) in [5, 5.41) is 6.78. The molecule has 0 aliphatic heterocycles. The van der Waals surface area contributed by atoms with Gasteiger partial charge in [-0.1, -0.05) is 61.5 Å². The molecule has 5 nitrogen and oxygen atoms in total. The predicted octanol–water partition coefficient (Wildman–Crippen LogP) is 3.55. The molecule has 0 unspecified atom stereocenters. The molecule has 0 spiro atoms. The molecule has 0 aliphatic rings. The first kappa shape index (κ1) is 19.7. The number of imidazole rings is 1. The van der Waals surface area contributed by atoms with Crippen molar-refractivity contribution in [1.82, 2.24) is 20.2 Å². The Bertz CT molecular complexity index is 883. The molecule has 0 bridgehead atoms. The zero-order chi connectivity index (χ0) is 19.6. The van der Waals surface area contributed by atoms with Crippen molar-refractivity contribution in [2.45, 2.75) is 39.4 Å². The number of nitrogens with one attached hydrogen (secondary N) is 2. The van der Waals surface area contributed by atoms with Gasteiger partial charge in [0.15, 0.2) is 5.96 Å². The third-order valence-corrected chi connectivity index (χ3v) is 4.87. The third kappa shape index (κ3) is 5.46. The lowest BCUT2D eigenvalue weighted by Crippen LogP contribution is -2.37. The van der Waals surface area contributed by atoms with Crippen LogP contribution < -0.4 is 10.6 Å². The van der Waals surface area contributed by atoms with Gasteiger partial charge in [0.05, 0.1) is 6.54 Å². The van der Waals surface area contributed by atoms with Gasteiger partial charge in [0.2, 0.25) is 0 Å². The van der Waals surface area contributed by atoms with E-state index in [2.05, 4.69) is 80.6 Å². The molecule has 2 aromatic carbocycles. The molecule has 1 aromatic heterocycles. The van der Waals surface area contributed by atoms with E-state index in [4.69, 9.17) is 0 Å². The highest BCUT2D eigenvalue weighted by Gasteiger charge is 2.06. The number of rotatable bonds is 8. The van der Waals surface area contributed by atoms with E-state index >= 15 is 0 Å². The van der Waals surface area contributed by atoms with Gasteiger partial charge in [-0.25, -0.2) is 4.98 Å². The predicted molar refractivity (Wildman–Crippen MR) is 115 cm³/mol. The van der Waals surface area contributed by atoms with Crippen molar-refractivity contribution in [2.75, 3.05) is 7.05 Å². The molecule has 3 aromatic rings. The Morgan fingerprint density at radius 3 is 2.43 bits per heavy atom. The second-order valence-electron chi connectivity index (χ2n) is 6.67. The van der Waals surface area contributed by atoms with Crippen LogP contribution in [0.5, 0.6) is 0 Å². The first-order valence-electron chi connectivity index (χ1n) is 9.85. The number of hydrogen-bond acceptors (Lipinski definition) is 2. The van der Waals surface area contributed by atoms with E-state index in [-0.39, 0.29) is 0 Å². The minimum absolute atomic E-state index is 0.636. The summed E-state index contributed by atoms with van der Waals surface area (Å²) >= 11 is 0. The number of benzene rings is 2. The summed E-state index contributed by atoms with van der Waals surface area (Å²) in [7, 11) is 1.79. The summed E-state index contributed by atoms with van der Waals surface area (Å²) in [5.41, 5.74) is 4.00. The Morgan fingerprint density at radius 2 is 1.68 bits per heavy atom. The smallest absolute Gasteiger partial charge is 0.191 e. The Hall–Kier alpha value is -3.08. The SMILES string of the molecule is CCc1ccccc1CNC(=NC)NCc1nccn1CCc1ccccc1. The number of aromatic nitrogens is 2. The van der Waals surface area contributed by atoms with Crippen LogP contribution >= 0.6 is 0 Å². The minimum Gasteiger partial charge on any atom is -0.352 e. The molecule has 1 heterocycles. The maximum Gasteiger partial charge on any atom is 0.191 e. The highest BCUT2D eigenvalue weighted by molar-refractivity contribution is 5.79. The maximum absolute atomic E-state index is 4.50. The molecule has 5 heteroatoms. The van der Waals surface area contributed by atoms with Crippen molar-refractivity contribution >= 4 is 5.96 Å². The minimum atomic E-state index is 0.636. The lowest BCUT2D eigenvalue weighted by atomic mass is 10.1. The van der Waals surface area contributed by atoms with Crippen molar-refractivity contribution in [3.05, 3.63) is 89.5 Å². The fourth-order valence-electron chi connectivity index (χ4n) is 3.24. The molecule has 0 amide bonds. The van der Waals surface area contributed by atoms with Crippen LogP contribution in [0, 0.1) is 0 Å². The number of aliphatic imine (C=N–C) groups is 1. The van der Waals surface area contributed by atoms with Crippen molar-refractivity contribution < 1.29 is 0 Å². The van der Waals surface area contributed by atoms with Crippen molar-refractivity contribution in [1.29, 1.82) is 0 Å². The van der Waals surface area contributed by atoms with E-state index in [1.807, 2.05) is 18.5 Å². The topological polar surface area (TPSA) is 54.2 Å². The number of aryl methyl sites for hydroxylation is 3. The van der Waals surface area contributed by atoms with Gasteiger partial charge in [-0.2, -0.15) is 0 Å². The van der Waals surface area contributed by atoms with E-state index in [0.29, 0.717) is 6.54 Å². The monoisotopic (exact) mass is 375 g/mol. The van der Waals surface area contributed by atoms with Crippen LogP contribution in [0.3, 0.4) is 0 Å². The highest BCUT2D eigenvalue weighted by atomic mass is 15.2. The largest absolute Gasteiger partial charge is 0.352 e. The summed E-state index contributed by atoms with van der Waals surface area (Å²) in [6.45, 7) is 4.49. The molecular weight excluding hydrogens is 346 g/mol. The van der Waals surface area contributed by atoms with Gasteiger partial charge in [0.1, 0.15) is 5.82 Å². The molecular formula is C23H29N5. The van der Waals surface area contributed by atoms with Gasteiger partial charge in [0, 0.05) is 32.5 Å². The van der Waals surface area contributed by atoms with E-state index in [0.717, 1.165) is 37.7 Å². The summed E-state index contributed by atoms with van der Waals surface area (Å²) in [6.07, 6.45) is 5.91. The van der Waals surface area contributed by atoms with Gasteiger partial charge in [-0.3, -0.25) is 4.99 Å². The molecule has 0 radical (unpaired) electrons. The van der Waals surface area contributed by atoms with Crippen molar-refractivity contribution in [3.63, 3.8) is 0 Å². The number of hydrogen-bond donors (Lipinski definition) is 2. The van der Waals surface area contributed by atoms with Crippen LogP contribution in [0.4, 0.5) is 0 Å². The van der Waals surface area contributed by atoms with Crippen LogP contribution in [-0.2, 0) is 32.5 Å². The Kier molecular flexibility index (Phi) is 7.24. The average Bonchev–Trinajstić information content (AvgIpc) is 3.20. The van der Waals surface area contributed by atoms with Crippen molar-refractivity contribution in [3.8, 4) is 0 Å². The van der Waals surface area contributed by atoms with Crippen molar-refractivity contribution in [2.24, 2.45) is 4.99 Å². The van der Waals surface area contributed by atoms with Crippen LogP contribution in [0.1, 0.15) is 29.4 Å². The van der Waals surface area contributed by atoms with Gasteiger partial charge in [0.25, 0.3) is 0 Å². The molecule has 0 aliphatic carbocycles. The molecule has 0 fully saturated rings. The Labute approximate surface area is 167 Å². The summed E-state index contributed by atoms with van der Waals surface area (Å²) < 4.78 is 2.19. The lowest BCUT2D eigenvalue weighted by Gasteiger charge is -2.14. The van der Waals surface area contributed by atoms with Crippen LogP contribution in [0.2, 0.25) is 0 Å². The van der Waals surface area contributed by atoms with E-state index in [9.17, 15) is 0 Å². The highest BCUT2D eigenvalue weighted by Crippen LogP contribution is 2.09. The maximum atomic E-state index is 4.50. The quantitative estimate of drug-likeness (QED) is 0.468. The molecule has 2 N–H and O–H groups in total. The standard InChI is InChI=1S/C23H29N5/c1-3-20-11-7-8-12-21(20)17-26-23(24-2)27-18-22-25-14-16-28(22)15-13-19-9-5-4-6-10-19/h4-12,14,16H,3,13,15,17-18H2,1-2H3,(H2,24,26,27). The molecule has 0 saturated carbocycles. The van der Waals surface area contributed by atoms with E-state index in [1.54, 1.807) is 7.05 Å². The van der Waals surface area contributed by atoms with Crippen LogP contribution in [0.25, 0.3) is 0 Å². The Balaban J connectivity index is 1.52. The number of guanidine groups is 1. The van der Waals surface area contributed by atoms with E-state index in [1.165, 1.54) is 16.7 Å². The van der Waals surface area contributed by atoms with Gasteiger partial charge in [-0.05, 0) is 29.5 Å². The fourth-order valence-corrected chi connectivity index (χ4v) is 3.24. The first-order chi connectivity index (χ1) is 13.8. The molecule has 28 heavy (non-hydrogen) atoms. The lowest BCUT2D eigenvalue weighted by molar-refractivity contribution is 0.634. The zero-order valence-corrected chi connectivity index (χ0v) is 16.7. The van der Waals surface area contributed by atoms with Gasteiger partial charge < -0.3 is 15.2 Å². The van der Waals surface area contributed by atoms with Crippen LogP contribution in [-0.4, -0.2) is 22.6 Å². The van der Waals surface area contributed by atoms with Gasteiger partial charge >= 0.3 is 0 Å². The molecule has 0 atom stereocenters. The summed E-state index contributed by atoms with van der Waals surface area (Å²) in [4.78, 5) is 8.84. The van der Waals surface area contributed by atoms with Gasteiger partial charge in [-0.15, -0.1) is 0 Å². The van der Waals surface area contributed by atoms with E-state index < -0.39 is 0 Å². The summed E-state index contributed by atoms with van der Waals surface area (Å²) in [5.74, 6) is 1.79. The molecule has 146 valence electrons. The Morgan fingerprint density at radius 1 is 0.964 bits per heavy atom.